The molecule has 0 aliphatic carbocycles. The summed E-state index contributed by atoms with van der Waals surface area (Å²) in [5, 5.41) is 17.7. The van der Waals surface area contributed by atoms with Crippen molar-refractivity contribution in [3.8, 4) is 11.3 Å². The molecule has 2 aromatic rings. The van der Waals surface area contributed by atoms with Crippen molar-refractivity contribution in [2.45, 2.75) is 32.9 Å². The van der Waals surface area contributed by atoms with Crippen LogP contribution in [-0.2, 0) is 13.6 Å². The minimum Gasteiger partial charge on any atom is -0.393 e. The van der Waals surface area contributed by atoms with Gasteiger partial charge in [0.05, 0.1) is 11.8 Å². The summed E-state index contributed by atoms with van der Waals surface area (Å²) >= 11 is 0. The summed E-state index contributed by atoms with van der Waals surface area (Å²) in [6.07, 6.45) is 6.11. The maximum absolute atomic E-state index is 9.80. The standard InChI is InChI=1S/C16H24N4O/c1-12(2)15(21)6-9-18-10-14-11-20(3)19-16(14)13-4-7-17-8-5-13/h4-5,7-8,11-12,15,18,21H,6,9-10H2,1-3H3. The van der Waals surface area contributed by atoms with E-state index in [2.05, 4.69) is 15.4 Å². The van der Waals surface area contributed by atoms with E-state index in [1.54, 1.807) is 12.4 Å². The Balaban J connectivity index is 1.95. The average Bonchev–Trinajstić information content (AvgIpc) is 2.85. The molecular formula is C16H24N4O. The lowest BCUT2D eigenvalue weighted by Crippen LogP contribution is -2.23. The molecule has 0 aliphatic heterocycles. The number of rotatable bonds is 7. The molecule has 2 aromatic heterocycles. The highest BCUT2D eigenvalue weighted by atomic mass is 16.3. The topological polar surface area (TPSA) is 63.0 Å². The average molecular weight is 288 g/mol. The molecule has 2 heterocycles. The molecule has 21 heavy (non-hydrogen) atoms. The molecule has 0 saturated heterocycles. The molecular weight excluding hydrogens is 264 g/mol. The number of aliphatic hydroxyl groups is 1. The van der Waals surface area contributed by atoms with E-state index in [4.69, 9.17) is 0 Å². The third kappa shape index (κ3) is 4.37. The Hall–Kier alpha value is -1.72. The molecule has 0 bridgehead atoms. The summed E-state index contributed by atoms with van der Waals surface area (Å²) < 4.78 is 1.83. The van der Waals surface area contributed by atoms with Crippen LogP contribution in [0, 0.1) is 5.92 Å². The quantitative estimate of drug-likeness (QED) is 0.765. The number of hydrogen-bond acceptors (Lipinski definition) is 4. The van der Waals surface area contributed by atoms with Gasteiger partial charge in [-0.05, 0) is 31.0 Å². The molecule has 0 aliphatic rings. The number of nitrogens with one attached hydrogen (secondary N) is 1. The fraction of sp³-hybridized carbons (Fsp3) is 0.500. The molecule has 2 rings (SSSR count). The Kier molecular flexibility index (Phi) is 5.47. The third-order valence-electron chi connectivity index (χ3n) is 3.56. The first kappa shape index (κ1) is 15.7. The number of nitrogens with zero attached hydrogens (tertiary/aromatic N) is 3. The third-order valence-corrected chi connectivity index (χ3v) is 3.56. The Morgan fingerprint density at radius 3 is 2.67 bits per heavy atom. The molecule has 5 nitrogen and oxygen atoms in total. The summed E-state index contributed by atoms with van der Waals surface area (Å²) in [4.78, 5) is 4.04. The highest BCUT2D eigenvalue weighted by Gasteiger charge is 2.11. The van der Waals surface area contributed by atoms with E-state index in [-0.39, 0.29) is 6.10 Å². The summed E-state index contributed by atoms with van der Waals surface area (Å²) in [5.74, 6) is 0.303. The Labute approximate surface area is 126 Å². The second kappa shape index (κ2) is 7.33. The predicted molar refractivity (Wildman–Crippen MR) is 83.6 cm³/mol. The zero-order chi connectivity index (χ0) is 15.2. The van der Waals surface area contributed by atoms with Gasteiger partial charge in [0.2, 0.25) is 0 Å². The smallest absolute Gasteiger partial charge is 0.0969 e. The van der Waals surface area contributed by atoms with Gasteiger partial charge in [-0.2, -0.15) is 5.10 Å². The van der Waals surface area contributed by atoms with Gasteiger partial charge < -0.3 is 10.4 Å². The molecule has 0 radical (unpaired) electrons. The molecule has 0 aromatic carbocycles. The largest absolute Gasteiger partial charge is 0.393 e. The second-order valence-corrected chi connectivity index (χ2v) is 5.69. The van der Waals surface area contributed by atoms with Crippen molar-refractivity contribution in [2.24, 2.45) is 13.0 Å². The Morgan fingerprint density at radius 2 is 2.00 bits per heavy atom. The van der Waals surface area contributed by atoms with Gasteiger partial charge in [0.15, 0.2) is 0 Å². The van der Waals surface area contributed by atoms with Gasteiger partial charge >= 0.3 is 0 Å². The number of aryl methyl sites for hydroxylation is 1. The summed E-state index contributed by atoms with van der Waals surface area (Å²) in [6.45, 7) is 5.61. The first-order valence-electron chi connectivity index (χ1n) is 7.39. The molecule has 2 N–H and O–H groups in total. The van der Waals surface area contributed by atoms with Gasteiger partial charge in [-0.3, -0.25) is 9.67 Å². The van der Waals surface area contributed by atoms with Crippen LogP contribution in [0.15, 0.2) is 30.7 Å². The number of aromatic nitrogens is 3. The van der Waals surface area contributed by atoms with E-state index in [1.807, 2.05) is 43.9 Å². The molecule has 1 unspecified atom stereocenters. The van der Waals surface area contributed by atoms with Crippen LogP contribution in [0.4, 0.5) is 0 Å². The summed E-state index contributed by atoms with van der Waals surface area (Å²) in [7, 11) is 1.93. The monoisotopic (exact) mass is 288 g/mol. The number of hydrogen-bond donors (Lipinski definition) is 2. The first-order chi connectivity index (χ1) is 10.1. The fourth-order valence-electron chi connectivity index (χ4n) is 2.23. The highest BCUT2D eigenvalue weighted by Crippen LogP contribution is 2.20. The number of aliphatic hydroxyl groups excluding tert-OH is 1. The van der Waals surface area contributed by atoms with Crippen LogP contribution in [-0.4, -0.2) is 32.5 Å². The van der Waals surface area contributed by atoms with E-state index < -0.39 is 0 Å². The van der Waals surface area contributed by atoms with Crippen LogP contribution >= 0.6 is 0 Å². The highest BCUT2D eigenvalue weighted by molar-refractivity contribution is 5.61. The fourth-order valence-corrected chi connectivity index (χ4v) is 2.23. The van der Waals surface area contributed by atoms with Crippen molar-refractivity contribution in [3.05, 3.63) is 36.3 Å². The van der Waals surface area contributed by atoms with Gasteiger partial charge in [0.25, 0.3) is 0 Å². The van der Waals surface area contributed by atoms with Crippen molar-refractivity contribution in [3.63, 3.8) is 0 Å². The lowest BCUT2D eigenvalue weighted by Gasteiger charge is -2.14. The molecule has 1 atom stereocenters. The molecule has 114 valence electrons. The van der Waals surface area contributed by atoms with Crippen molar-refractivity contribution in [1.82, 2.24) is 20.1 Å². The molecule has 5 heteroatoms. The van der Waals surface area contributed by atoms with E-state index in [0.29, 0.717) is 5.92 Å². The van der Waals surface area contributed by atoms with Crippen LogP contribution in [0.25, 0.3) is 11.3 Å². The van der Waals surface area contributed by atoms with E-state index in [0.717, 1.165) is 36.3 Å². The zero-order valence-electron chi connectivity index (χ0n) is 13.0. The maximum Gasteiger partial charge on any atom is 0.0969 e. The van der Waals surface area contributed by atoms with Crippen LogP contribution < -0.4 is 5.32 Å². The molecule has 0 spiro atoms. The van der Waals surface area contributed by atoms with Gasteiger partial charge in [-0.15, -0.1) is 0 Å². The van der Waals surface area contributed by atoms with Crippen molar-refractivity contribution < 1.29 is 5.11 Å². The van der Waals surface area contributed by atoms with E-state index in [1.165, 1.54) is 0 Å². The lowest BCUT2D eigenvalue weighted by molar-refractivity contribution is 0.116. The van der Waals surface area contributed by atoms with E-state index in [9.17, 15) is 5.11 Å². The second-order valence-electron chi connectivity index (χ2n) is 5.69. The normalized spacial score (nSPS) is 12.8. The SMILES string of the molecule is CC(C)C(O)CCNCc1cn(C)nc1-c1ccncc1. The first-order valence-corrected chi connectivity index (χ1v) is 7.39. The number of pyridine rings is 1. The Morgan fingerprint density at radius 1 is 1.29 bits per heavy atom. The zero-order valence-corrected chi connectivity index (χ0v) is 13.0. The van der Waals surface area contributed by atoms with Crippen molar-refractivity contribution in [2.75, 3.05) is 6.54 Å². The van der Waals surface area contributed by atoms with Gasteiger partial charge in [-0.25, -0.2) is 0 Å². The van der Waals surface area contributed by atoms with Crippen LogP contribution in [0.1, 0.15) is 25.8 Å². The summed E-state index contributed by atoms with van der Waals surface area (Å²) in [5.41, 5.74) is 3.21. The van der Waals surface area contributed by atoms with Crippen LogP contribution in [0.5, 0.6) is 0 Å². The maximum atomic E-state index is 9.80. The molecule has 0 saturated carbocycles. The van der Waals surface area contributed by atoms with Gasteiger partial charge in [0.1, 0.15) is 0 Å². The summed E-state index contributed by atoms with van der Waals surface area (Å²) in [6, 6.07) is 3.93. The molecule has 0 fully saturated rings. The van der Waals surface area contributed by atoms with Gasteiger partial charge in [-0.1, -0.05) is 13.8 Å². The van der Waals surface area contributed by atoms with E-state index >= 15 is 0 Å². The molecule has 0 amide bonds. The van der Waals surface area contributed by atoms with Crippen molar-refractivity contribution >= 4 is 0 Å². The van der Waals surface area contributed by atoms with Gasteiger partial charge in [0, 0.05) is 43.3 Å². The minimum atomic E-state index is -0.244. The Bertz CT molecular complexity index is 551. The lowest BCUT2D eigenvalue weighted by atomic mass is 10.0. The predicted octanol–water partition coefficient (Wildman–Crippen LogP) is 1.98. The minimum absolute atomic E-state index is 0.244. The van der Waals surface area contributed by atoms with Crippen LogP contribution in [0.2, 0.25) is 0 Å². The van der Waals surface area contributed by atoms with Crippen LogP contribution in [0.3, 0.4) is 0 Å². The van der Waals surface area contributed by atoms with Crippen molar-refractivity contribution in [1.29, 1.82) is 0 Å².